The summed E-state index contributed by atoms with van der Waals surface area (Å²) < 4.78 is 51.3. The zero-order valence-electron chi connectivity index (χ0n) is 15.3. The molecule has 1 heterocycles. The molecule has 30 heavy (non-hydrogen) atoms. The predicted octanol–water partition coefficient (Wildman–Crippen LogP) is 6.36. The highest BCUT2D eigenvalue weighted by Crippen LogP contribution is 2.31. The molecular weight excluding hydrogens is 420 g/mol. The molecular formula is C19H12F4N6S. The van der Waals surface area contributed by atoms with Crippen molar-refractivity contribution >= 4 is 33.4 Å². The minimum absolute atomic E-state index is 0.0714. The Morgan fingerprint density at radius 2 is 1.87 bits per heavy atom. The number of halogens is 4. The first-order chi connectivity index (χ1) is 14.3. The third kappa shape index (κ3) is 5.24. The molecule has 0 saturated carbocycles. The van der Waals surface area contributed by atoms with Crippen molar-refractivity contribution in [1.82, 2.24) is 4.98 Å². The van der Waals surface area contributed by atoms with Crippen molar-refractivity contribution in [3.8, 4) is 6.07 Å². The van der Waals surface area contributed by atoms with Gasteiger partial charge in [0, 0.05) is 0 Å². The fourth-order valence-electron chi connectivity index (χ4n) is 2.20. The lowest BCUT2D eigenvalue weighted by atomic mass is 10.2. The molecule has 0 aliphatic carbocycles. The number of nitrogens with zero attached hydrogens (tertiary/aromatic N) is 5. The topological polar surface area (TPSA) is 85.8 Å². The minimum atomic E-state index is -4.49. The monoisotopic (exact) mass is 432 g/mol. The quantitative estimate of drug-likeness (QED) is 0.220. The molecule has 2 aromatic carbocycles. The Balaban J connectivity index is 1.80. The van der Waals surface area contributed by atoms with Gasteiger partial charge in [0.15, 0.2) is 15.7 Å². The van der Waals surface area contributed by atoms with Crippen molar-refractivity contribution in [2.24, 2.45) is 15.3 Å². The highest BCUT2D eigenvalue weighted by Gasteiger charge is 2.30. The van der Waals surface area contributed by atoms with E-state index in [1.54, 1.807) is 6.92 Å². The summed E-state index contributed by atoms with van der Waals surface area (Å²) >= 11 is 1.04. The lowest BCUT2D eigenvalue weighted by molar-refractivity contribution is -0.137. The number of benzene rings is 2. The molecule has 3 aromatic rings. The molecule has 0 fully saturated rings. The smallest absolute Gasteiger partial charge is 0.277 e. The van der Waals surface area contributed by atoms with E-state index in [-0.39, 0.29) is 16.4 Å². The number of hydrogen-bond acceptors (Lipinski definition) is 7. The predicted molar refractivity (Wildman–Crippen MR) is 105 cm³/mol. The fourth-order valence-corrected chi connectivity index (χ4v) is 3.03. The molecule has 11 heteroatoms. The summed E-state index contributed by atoms with van der Waals surface area (Å²) in [5.74, 6) is -0.395. The highest BCUT2D eigenvalue weighted by molar-refractivity contribution is 7.17. The van der Waals surface area contributed by atoms with Gasteiger partial charge in [-0.3, -0.25) is 5.43 Å². The lowest BCUT2D eigenvalue weighted by Crippen LogP contribution is -2.06. The Morgan fingerprint density at radius 1 is 1.13 bits per heavy atom. The summed E-state index contributed by atoms with van der Waals surface area (Å²) in [6.45, 7) is 1.66. The Hall–Kier alpha value is -3.65. The summed E-state index contributed by atoms with van der Waals surface area (Å²) in [5, 5.41) is 21.9. The molecule has 0 aliphatic heterocycles. The van der Waals surface area contributed by atoms with E-state index in [2.05, 4.69) is 25.7 Å². The number of alkyl halides is 3. The van der Waals surface area contributed by atoms with Crippen molar-refractivity contribution in [3.63, 3.8) is 0 Å². The SMILES string of the molecule is Cc1nc(C(C#N)=NNc2cccc(C(F)(F)F)c2)sc1N=Nc1ccc(F)cc1. The van der Waals surface area contributed by atoms with Crippen LogP contribution in [0, 0.1) is 24.1 Å². The standard InChI is InChI=1S/C19H12F4N6S/c1-11-17(29-26-14-7-5-13(20)6-8-14)30-18(25-11)16(10-24)28-27-15-4-2-3-12(9-15)19(21,22)23/h2-9,27H,1H3. The van der Waals surface area contributed by atoms with Crippen LogP contribution in [-0.2, 0) is 6.18 Å². The van der Waals surface area contributed by atoms with Crippen molar-refractivity contribution in [2.45, 2.75) is 13.1 Å². The summed E-state index contributed by atoms with van der Waals surface area (Å²) in [4.78, 5) is 4.21. The van der Waals surface area contributed by atoms with Crippen LogP contribution in [0.25, 0.3) is 0 Å². The van der Waals surface area contributed by atoms with Crippen LogP contribution < -0.4 is 5.43 Å². The maximum atomic E-state index is 12.9. The number of thiazole rings is 1. The number of aromatic nitrogens is 1. The van der Waals surface area contributed by atoms with Gasteiger partial charge in [0.2, 0.25) is 0 Å². The number of nitrogens with one attached hydrogen (secondary N) is 1. The van der Waals surface area contributed by atoms with E-state index in [4.69, 9.17) is 0 Å². The van der Waals surface area contributed by atoms with Crippen LogP contribution in [0.3, 0.4) is 0 Å². The number of azo groups is 1. The van der Waals surface area contributed by atoms with Crippen LogP contribution >= 0.6 is 11.3 Å². The van der Waals surface area contributed by atoms with Crippen molar-refractivity contribution in [3.05, 3.63) is 70.6 Å². The van der Waals surface area contributed by atoms with E-state index in [1.807, 2.05) is 6.07 Å². The number of hydrogen-bond donors (Lipinski definition) is 1. The largest absolute Gasteiger partial charge is 0.416 e. The second-order valence-electron chi connectivity index (χ2n) is 5.85. The van der Waals surface area contributed by atoms with Crippen LogP contribution in [0.5, 0.6) is 0 Å². The van der Waals surface area contributed by atoms with Gasteiger partial charge in [-0.25, -0.2) is 9.37 Å². The minimum Gasteiger partial charge on any atom is -0.277 e. The van der Waals surface area contributed by atoms with Gasteiger partial charge in [0.05, 0.1) is 22.6 Å². The van der Waals surface area contributed by atoms with Crippen LogP contribution in [0.1, 0.15) is 16.3 Å². The molecule has 0 aliphatic rings. The lowest BCUT2D eigenvalue weighted by Gasteiger charge is -2.08. The van der Waals surface area contributed by atoms with Gasteiger partial charge in [0.1, 0.15) is 11.9 Å². The molecule has 6 nitrogen and oxygen atoms in total. The van der Waals surface area contributed by atoms with Crippen LogP contribution in [0.2, 0.25) is 0 Å². The van der Waals surface area contributed by atoms with Gasteiger partial charge in [-0.15, -0.1) is 10.2 Å². The zero-order chi connectivity index (χ0) is 21.7. The molecule has 1 aromatic heterocycles. The Labute approximate surface area is 172 Å². The van der Waals surface area contributed by atoms with Crippen LogP contribution in [0.15, 0.2) is 63.9 Å². The number of anilines is 1. The first-order valence-corrected chi connectivity index (χ1v) is 9.14. The van der Waals surface area contributed by atoms with Gasteiger partial charge in [0.25, 0.3) is 0 Å². The molecule has 3 rings (SSSR count). The number of hydrazone groups is 1. The van der Waals surface area contributed by atoms with E-state index >= 15 is 0 Å². The van der Waals surface area contributed by atoms with Gasteiger partial charge in [-0.1, -0.05) is 17.4 Å². The van der Waals surface area contributed by atoms with Gasteiger partial charge in [-0.2, -0.15) is 23.5 Å². The van der Waals surface area contributed by atoms with Gasteiger partial charge < -0.3 is 0 Å². The summed E-state index contributed by atoms with van der Waals surface area (Å²) in [6, 6.07) is 11.7. The van der Waals surface area contributed by atoms with E-state index in [0.29, 0.717) is 16.4 Å². The Morgan fingerprint density at radius 3 is 2.53 bits per heavy atom. The Bertz CT molecular complexity index is 1140. The zero-order valence-corrected chi connectivity index (χ0v) is 16.1. The third-order valence-electron chi connectivity index (χ3n) is 3.65. The van der Waals surface area contributed by atoms with Crippen molar-refractivity contribution in [1.29, 1.82) is 5.26 Å². The van der Waals surface area contributed by atoms with E-state index in [1.165, 1.54) is 36.4 Å². The molecule has 0 spiro atoms. The summed E-state index contributed by atoms with van der Waals surface area (Å²) in [7, 11) is 0. The first kappa shape index (κ1) is 21.1. The average molecular weight is 432 g/mol. The number of rotatable bonds is 5. The second kappa shape index (κ2) is 8.79. The van der Waals surface area contributed by atoms with E-state index in [9.17, 15) is 22.8 Å². The molecule has 1 N–H and O–H groups in total. The maximum absolute atomic E-state index is 12.9. The molecule has 0 bridgehead atoms. The fraction of sp³-hybridized carbons (Fsp3) is 0.105. The second-order valence-corrected chi connectivity index (χ2v) is 6.83. The van der Waals surface area contributed by atoms with Gasteiger partial charge >= 0.3 is 6.18 Å². The van der Waals surface area contributed by atoms with Crippen LogP contribution in [0.4, 0.5) is 33.9 Å². The molecule has 0 amide bonds. The first-order valence-electron chi connectivity index (χ1n) is 8.32. The van der Waals surface area contributed by atoms with Gasteiger partial charge in [-0.05, 0) is 49.4 Å². The molecule has 0 radical (unpaired) electrons. The Kier molecular flexibility index (Phi) is 6.17. The normalized spacial score (nSPS) is 12.2. The number of nitriles is 1. The molecule has 0 saturated heterocycles. The summed E-state index contributed by atoms with van der Waals surface area (Å²) in [5.41, 5.74) is 2.48. The summed E-state index contributed by atoms with van der Waals surface area (Å²) in [6.07, 6.45) is -4.49. The van der Waals surface area contributed by atoms with Crippen LogP contribution in [-0.4, -0.2) is 10.7 Å². The molecule has 0 atom stereocenters. The third-order valence-corrected chi connectivity index (χ3v) is 4.70. The average Bonchev–Trinajstić information content (AvgIpc) is 3.08. The van der Waals surface area contributed by atoms with E-state index < -0.39 is 17.6 Å². The molecule has 0 unspecified atom stereocenters. The number of aryl methyl sites for hydroxylation is 1. The van der Waals surface area contributed by atoms with Crippen molar-refractivity contribution < 1.29 is 17.6 Å². The van der Waals surface area contributed by atoms with Crippen molar-refractivity contribution in [2.75, 3.05) is 5.43 Å². The van der Waals surface area contributed by atoms with E-state index in [0.717, 1.165) is 23.5 Å². The highest BCUT2D eigenvalue weighted by atomic mass is 32.1. The maximum Gasteiger partial charge on any atom is 0.416 e. The molecule has 152 valence electrons.